The normalized spacial score (nSPS) is 15.2. The summed E-state index contributed by atoms with van der Waals surface area (Å²) in [4.78, 5) is 25.8. The molecular formula is C13H22N4O2. The lowest BCUT2D eigenvalue weighted by Gasteiger charge is -2.15. The summed E-state index contributed by atoms with van der Waals surface area (Å²) in [6.45, 7) is 2.33. The van der Waals surface area contributed by atoms with Crippen LogP contribution in [-0.2, 0) is 20.6 Å². The van der Waals surface area contributed by atoms with Crippen molar-refractivity contribution in [2.75, 3.05) is 20.1 Å². The van der Waals surface area contributed by atoms with Crippen LogP contribution in [0.5, 0.6) is 0 Å². The number of likely N-dealkylation sites (N-methyl/N-ethyl adjacent to an activating group) is 1. The van der Waals surface area contributed by atoms with Crippen LogP contribution >= 0.6 is 0 Å². The van der Waals surface area contributed by atoms with Gasteiger partial charge in [0.25, 0.3) is 5.56 Å². The molecule has 0 radical (unpaired) electrons. The molecule has 0 aromatic carbocycles. The summed E-state index contributed by atoms with van der Waals surface area (Å²) in [6.07, 6.45) is 4.22. The molecule has 0 amide bonds. The van der Waals surface area contributed by atoms with Crippen LogP contribution in [0.4, 0.5) is 0 Å². The Hall–Kier alpha value is -1.40. The van der Waals surface area contributed by atoms with Gasteiger partial charge < -0.3 is 14.8 Å². The number of aryl methyl sites for hydroxylation is 1. The first-order valence-electron chi connectivity index (χ1n) is 6.67. The van der Waals surface area contributed by atoms with Gasteiger partial charge in [-0.1, -0.05) is 0 Å². The number of nitrogens with zero attached hydrogens (tertiary/aromatic N) is 3. The number of hydrogen-bond donors (Lipinski definition) is 1. The summed E-state index contributed by atoms with van der Waals surface area (Å²) in [6, 6.07) is 0.757. The maximum atomic E-state index is 11.9. The van der Waals surface area contributed by atoms with E-state index in [0.29, 0.717) is 12.1 Å². The summed E-state index contributed by atoms with van der Waals surface area (Å²) in [5.74, 6) is 0. The van der Waals surface area contributed by atoms with Gasteiger partial charge in [-0.25, -0.2) is 4.79 Å². The second-order valence-corrected chi connectivity index (χ2v) is 5.30. The summed E-state index contributed by atoms with van der Waals surface area (Å²) < 4.78 is 2.59. The smallest absolute Gasteiger partial charge is 0.311 e. The molecule has 6 heteroatoms. The third-order valence-electron chi connectivity index (χ3n) is 3.64. The first-order valence-corrected chi connectivity index (χ1v) is 6.67. The van der Waals surface area contributed by atoms with Gasteiger partial charge in [0.1, 0.15) is 0 Å². The lowest BCUT2D eigenvalue weighted by molar-refractivity contribution is 0.321. The number of nitrogens with one attached hydrogen (secondary N) is 1. The molecule has 0 spiro atoms. The van der Waals surface area contributed by atoms with Crippen LogP contribution in [0.15, 0.2) is 15.8 Å². The van der Waals surface area contributed by atoms with E-state index in [1.54, 1.807) is 13.2 Å². The van der Waals surface area contributed by atoms with Crippen LogP contribution in [0.3, 0.4) is 0 Å². The van der Waals surface area contributed by atoms with E-state index in [0.717, 1.165) is 23.7 Å². The average molecular weight is 266 g/mol. The average Bonchev–Trinajstić information content (AvgIpc) is 3.21. The second-order valence-electron chi connectivity index (χ2n) is 5.30. The van der Waals surface area contributed by atoms with Crippen LogP contribution in [-0.4, -0.2) is 40.2 Å². The molecule has 0 saturated heterocycles. The van der Waals surface area contributed by atoms with Crippen molar-refractivity contribution in [2.24, 2.45) is 14.1 Å². The molecule has 0 unspecified atom stereocenters. The van der Waals surface area contributed by atoms with Crippen molar-refractivity contribution in [3.63, 3.8) is 0 Å². The Bertz CT molecular complexity index is 557. The number of hydrogen-bond acceptors (Lipinski definition) is 4. The molecule has 1 aliphatic rings. The SMILES string of the molecule is CN(CCNCc1cn(C)c(=O)n(C)c1=O)C1CC1. The fraction of sp³-hybridized carbons (Fsp3) is 0.692. The molecule has 1 aromatic rings. The van der Waals surface area contributed by atoms with E-state index in [4.69, 9.17) is 0 Å². The monoisotopic (exact) mass is 266 g/mol. The topological polar surface area (TPSA) is 59.3 Å². The van der Waals surface area contributed by atoms with Gasteiger partial charge in [0.2, 0.25) is 0 Å². The molecular weight excluding hydrogens is 244 g/mol. The molecule has 1 saturated carbocycles. The third-order valence-corrected chi connectivity index (χ3v) is 3.64. The van der Waals surface area contributed by atoms with Crippen molar-refractivity contribution in [3.8, 4) is 0 Å². The lowest BCUT2D eigenvalue weighted by Crippen LogP contribution is -2.40. The second kappa shape index (κ2) is 5.71. The van der Waals surface area contributed by atoms with Crippen molar-refractivity contribution in [1.29, 1.82) is 0 Å². The van der Waals surface area contributed by atoms with Crippen molar-refractivity contribution >= 4 is 0 Å². The minimum Gasteiger partial charge on any atom is -0.311 e. The molecule has 0 bridgehead atoms. The Labute approximate surface area is 112 Å². The Kier molecular flexibility index (Phi) is 4.21. The van der Waals surface area contributed by atoms with E-state index in [9.17, 15) is 9.59 Å². The van der Waals surface area contributed by atoms with Crippen molar-refractivity contribution in [3.05, 3.63) is 32.6 Å². The van der Waals surface area contributed by atoms with Gasteiger partial charge in [0.15, 0.2) is 0 Å². The largest absolute Gasteiger partial charge is 0.330 e. The van der Waals surface area contributed by atoms with Gasteiger partial charge in [0.05, 0.1) is 0 Å². The lowest BCUT2D eigenvalue weighted by atomic mass is 10.3. The minimum absolute atomic E-state index is 0.217. The minimum atomic E-state index is -0.290. The highest BCUT2D eigenvalue weighted by molar-refractivity contribution is 5.05. The van der Waals surface area contributed by atoms with Crippen LogP contribution in [0.1, 0.15) is 18.4 Å². The fourth-order valence-corrected chi connectivity index (χ4v) is 2.18. The molecule has 0 aliphatic heterocycles. The molecule has 2 rings (SSSR count). The van der Waals surface area contributed by atoms with E-state index >= 15 is 0 Å². The van der Waals surface area contributed by atoms with Gasteiger partial charge in [-0.15, -0.1) is 0 Å². The van der Waals surface area contributed by atoms with Crippen molar-refractivity contribution in [1.82, 2.24) is 19.4 Å². The van der Waals surface area contributed by atoms with E-state index in [1.165, 1.54) is 24.5 Å². The Balaban J connectivity index is 1.89. The van der Waals surface area contributed by atoms with Crippen molar-refractivity contribution in [2.45, 2.75) is 25.4 Å². The predicted molar refractivity (Wildman–Crippen MR) is 74.3 cm³/mol. The van der Waals surface area contributed by atoms with Gasteiger partial charge in [-0.05, 0) is 19.9 Å². The Morgan fingerprint density at radius 3 is 2.68 bits per heavy atom. The van der Waals surface area contributed by atoms with Crippen LogP contribution in [0, 0.1) is 0 Å². The maximum Gasteiger partial charge on any atom is 0.330 e. The van der Waals surface area contributed by atoms with E-state index in [-0.39, 0.29) is 11.2 Å². The van der Waals surface area contributed by atoms with E-state index < -0.39 is 0 Å². The molecule has 1 fully saturated rings. The summed E-state index contributed by atoms with van der Waals surface area (Å²) in [7, 11) is 5.30. The zero-order chi connectivity index (χ0) is 14.0. The van der Waals surface area contributed by atoms with Crippen molar-refractivity contribution < 1.29 is 0 Å². The van der Waals surface area contributed by atoms with E-state index in [2.05, 4.69) is 17.3 Å². The summed E-state index contributed by atoms with van der Waals surface area (Å²) in [5.41, 5.74) is 0.118. The van der Waals surface area contributed by atoms with E-state index in [1.807, 2.05) is 0 Å². The molecule has 1 N–H and O–H groups in total. The van der Waals surface area contributed by atoms with Gasteiger partial charge in [-0.3, -0.25) is 9.36 Å². The molecule has 6 nitrogen and oxygen atoms in total. The molecule has 19 heavy (non-hydrogen) atoms. The fourth-order valence-electron chi connectivity index (χ4n) is 2.18. The van der Waals surface area contributed by atoms with Crippen LogP contribution in [0.25, 0.3) is 0 Å². The van der Waals surface area contributed by atoms with Gasteiger partial charge >= 0.3 is 5.69 Å². The third kappa shape index (κ3) is 3.33. The van der Waals surface area contributed by atoms with Gasteiger partial charge in [0, 0.05) is 51.5 Å². The quantitative estimate of drug-likeness (QED) is 0.690. The first-order chi connectivity index (χ1) is 9.00. The Morgan fingerprint density at radius 1 is 1.37 bits per heavy atom. The summed E-state index contributed by atoms with van der Waals surface area (Å²) in [5, 5.41) is 3.26. The Morgan fingerprint density at radius 2 is 2.05 bits per heavy atom. The standard InChI is InChI=1S/C13H22N4O2/c1-15(11-4-5-11)7-6-14-8-10-9-16(2)13(19)17(3)12(10)18/h9,11,14H,4-8H2,1-3H3. The van der Waals surface area contributed by atoms with Crippen LogP contribution in [0.2, 0.25) is 0 Å². The molecule has 1 aromatic heterocycles. The zero-order valence-corrected chi connectivity index (χ0v) is 11.8. The predicted octanol–water partition coefficient (Wildman–Crippen LogP) is -0.732. The maximum absolute atomic E-state index is 11.9. The zero-order valence-electron chi connectivity index (χ0n) is 11.8. The molecule has 106 valence electrons. The summed E-state index contributed by atoms with van der Waals surface area (Å²) >= 11 is 0. The highest BCUT2D eigenvalue weighted by Crippen LogP contribution is 2.24. The number of aromatic nitrogens is 2. The molecule has 0 atom stereocenters. The van der Waals surface area contributed by atoms with Crippen LogP contribution < -0.4 is 16.6 Å². The first kappa shape index (κ1) is 14.0. The highest BCUT2D eigenvalue weighted by atomic mass is 16.2. The molecule has 1 heterocycles. The highest BCUT2D eigenvalue weighted by Gasteiger charge is 2.25. The number of rotatable bonds is 6. The molecule has 1 aliphatic carbocycles. The van der Waals surface area contributed by atoms with Gasteiger partial charge in [-0.2, -0.15) is 0 Å².